The average molecular weight is 552 g/mol. The summed E-state index contributed by atoms with van der Waals surface area (Å²) in [4.78, 5) is 36.2. The summed E-state index contributed by atoms with van der Waals surface area (Å²) in [5.41, 5.74) is 18.3. The van der Waals surface area contributed by atoms with Crippen LogP contribution in [0.15, 0.2) is 34.2 Å². The van der Waals surface area contributed by atoms with Gasteiger partial charge in [-0.05, 0) is 81.6 Å². The molecule has 3 heterocycles. The van der Waals surface area contributed by atoms with E-state index in [9.17, 15) is 9.59 Å². The molecule has 3 aliphatic rings. The first-order valence-electron chi connectivity index (χ1n) is 14.4. The predicted octanol–water partition coefficient (Wildman–Crippen LogP) is 1.88. The van der Waals surface area contributed by atoms with Gasteiger partial charge in [0.15, 0.2) is 23.3 Å². The number of fused-ring (bicyclic) bond motifs is 2. The number of nitrogens with two attached hydrogens (primary N) is 3. The number of carbonyl (C=O) groups is 1. The van der Waals surface area contributed by atoms with Crippen LogP contribution in [0.3, 0.4) is 0 Å². The number of hydrogen-bond donors (Lipinski definition) is 5. The molecule has 0 spiro atoms. The van der Waals surface area contributed by atoms with Gasteiger partial charge in [-0.2, -0.15) is 4.98 Å². The third-order valence-electron chi connectivity index (χ3n) is 8.24. The highest BCUT2D eigenvalue weighted by Gasteiger charge is 2.31. The van der Waals surface area contributed by atoms with Gasteiger partial charge in [0.1, 0.15) is 0 Å². The largest absolute Gasteiger partial charge is 0.450 e. The summed E-state index contributed by atoms with van der Waals surface area (Å²) in [5, 5.41) is 6.73. The molecule has 1 aliphatic carbocycles. The average Bonchev–Trinajstić information content (AvgIpc) is 2.96. The van der Waals surface area contributed by atoms with Crippen molar-refractivity contribution in [1.82, 2.24) is 19.8 Å². The molecular formula is C28H41N9O3. The van der Waals surface area contributed by atoms with Crippen LogP contribution >= 0.6 is 0 Å². The second-order valence-electron chi connectivity index (χ2n) is 10.9. The van der Waals surface area contributed by atoms with E-state index >= 15 is 0 Å². The smallest absolute Gasteiger partial charge is 0.350 e. The highest BCUT2D eigenvalue weighted by Crippen LogP contribution is 2.43. The minimum absolute atomic E-state index is 0.0121. The van der Waals surface area contributed by atoms with Crippen LogP contribution in [0, 0.1) is 0 Å². The van der Waals surface area contributed by atoms with Crippen LogP contribution in [-0.2, 0) is 4.79 Å². The van der Waals surface area contributed by atoms with E-state index in [1.54, 1.807) is 10.8 Å². The molecule has 2 fully saturated rings. The number of nitrogens with zero attached hydrogens (tertiary/aromatic N) is 4. The minimum Gasteiger partial charge on any atom is -0.450 e. The van der Waals surface area contributed by atoms with Crippen molar-refractivity contribution in [2.75, 3.05) is 38.0 Å². The molecule has 0 radical (unpaired) electrons. The molecule has 0 bridgehead atoms. The third-order valence-corrected chi connectivity index (χ3v) is 8.24. The van der Waals surface area contributed by atoms with Crippen molar-refractivity contribution in [2.24, 2.45) is 22.2 Å². The molecule has 1 saturated heterocycles. The van der Waals surface area contributed by atoms with E-state index in [0.29, 0.717) is 50.0 Å². The Hall–Kier alpha value is -3.64. The van der Waals surface area contributed by atoms with Gasteiger partial charge in [-0.1, -0.05) is 6.07 Å². The van der Waals surface area contributed by atoms with E-state index in [1.807, 2.05) is 11.0 Å². The van der Waals surface area contributed by atoms with E-state index in [1.165, 1.54) is 5.56 Å². The predicted molar refractivity (Wildman–Crippen MR) is 155 cm³/mol. The molecule has 2 aliphatic heterocycles. The van der Waals surface area contributed by atoms with Crippen molar-refractivity contribution < 1.29 is 9.53 Å². The van der Waals surface area contributed by atoms with Gasteiger partial charge in [-0.15, -0.1) is 0 Å². The zero-order chi connectivity index (χ0) is 28.1. The molecule has 12 heteroatoms. The Morgan fingerprint density at radius 3 is 2.62 bits per heavy atom. The maximum atomic E-state index is 13.1. The fourth-order valence-electron chi connectivity index (χ4n) is 6.14. The van der Waals surface area contributed by atoms with Gasteiger partial charge >= 0.3 is 5.69 Å². The maximum absolute atomic E-state index is 13.1. The Labute approximate surface area is 234 Å². The maximum Gasteiger partial charge on any atom is 0.350 e. The molecule has 1 amide bonds. The molecule has 2 aromatic rings. The number of piperidine rings is 1. The van der Waals surface area contributed by atoms with Crippen LogP contribution < -0.4 is 38.3 Å². The van der Waals surface area contributed by atoms with Crippen LogP contribution in [0.5, 0.6) is 11.5 Å². The number of rotatable bonds is 9. The number of ether oxygens (including phenoxy) is 1. The number of carbonyl (C=O) groups excluding carboxylic acids is 1. The molecule has 5 rings (SSSR count). The van der Waals surface area contributed by atoms with Crippen LogP contribution in [0.4, 0.5) is 11.5 Å². The number of guanidine groups is 1. The minimum atomic E-state index is -0.301. The summed E-state index contributed by atoms with van der Waals surface area (Å²) in [7, 11) is 0. The van der Waals surface area contributed by atoms with Crippen molar-refractivity contribution in [3.8, 4) is 11.5 Å². The van der Waals surface area contributed by atoms with Crippen LogP contribution in [-0.4, -0.2) is 65.1 Å². The van der Waals surface area contributed by atoms with Gasteiger partial charge in [0.25, 0.3) is 0 Å². The molecule has 8 N–H and O–H groups in total. The molecule has 0 atom stereocenters. The number of nitrogens with one attached hydrogen (secondary N) is 2. The fourth-order valence-corrected chi connectivity index (χ4v) is 6.14. The summed E-state index contributed by atoms with van der Waals surface area (Å²) >= 11 is 0. The van der Waals surface area contributed by atoms with Crippen molar-refractivity contribution in [1.29, 1.82) is 0 Å². The van der Waals surface area contributed by atoms with Crippen LogP contribution in [0.2, 0.25) is 0 Å². The van der Waals surface area contributed by atoms with E-state index in [0.717, 1.165) is 63.1 Å². The summed E-state index contributed by atoms with van der Waals surface area (Å²) in [6.07, 6.45) is 8.07. The summed E-state index contributed by atoms with van der Waals surface area (Å²) in [6, 6.07) is 6.35. The van der Waals surface area contributed by atoms with E-state index in [-0.39, 0.29) is 29.6 Å². The summed E-state index contributed by atoms with van der Waals surface area (Å²) in [6.45, 7) is 3.41. The molecule has 0 unspecified atom stereocenters. The van der Waals surface area contributed by atoms with E-state index in [2.05, 4.69) is 32.7 Å². The van der Waals surface area contributed by atoms with Gasteiger partial charge in [0.2, 0.25) is 5.91 Å². The van der Waals surface area contributed by atoms with Crippen molar-refractivity contribution >= 4 is 23.4 Å². The Morgan fingerprint density at radius 2 is 1.90 bits per heavy atom. The number of benzene rings is 1. The Bertz CT molecular complexity index is 1280. The van der Waals surface area contributed by atoms with E-state index in [4.69, 9.17) is 21.9 Å². The zero-order valence-electron chi connectivity index (χ0n) is 23.0. The van der Waals surface area contributed by atoms with Gasteiger partial charge in [-0.3, -0.25) is 14.4 Å². The van der Waals surface area contributed by atoms with Crippen LogP contribution in [0.1, 0.15) is 68.9 Å². The first-order valence-corrected chi connectivity index (χ1v) is 14.4. The fraction of sp³-hybridized carbons (Fsp3) is 0.571. The van der Waals surface area contributed by atoms with Crippen molar-refractivity contribution in [3.63, 3.8) is 0 Å². The summed E-state index contributed by atoms with van der Waals surface area (Å²) in [5.74, 6) is 2.34. The second-order valence-corrected chi connectivity index (χ2v) is 10.9. The third kappa shape index (κ3) is 6.39. The number of amides is 1. The molecule has 1 aromatic heterocycles. The highest BCUT2D eigenvalue weighted by atomic mass is 16.5. The Balaban J connectivity index is 1.24. The molecule has 40 heavy (non-hydrogen) atoms. The number of anilines is 2. The molecule has 216 valence electrons. The molecule has 1 saturated carbocycles. The number of hydrogen-bond acceptors (Lipinski definition) is 8. The van der Waals surface area contributed by atoms with Crippen molar-refractivity contribution in [2.45, 2.75) is 69.4 Å². The van der Waals surface area contributed by atoms with Gasteiger partial charge in [-0.25, -0.2) is 4.79 Å². The second kappa shape index (κ2) is 12.7. The topological polar surface area (TPSA) is 179 Å². The van der Waals surface area contributed by atoms with Gasteiger partial charge in [0, 0.05) is 38.1 Å². The molecule has 12 nitrogen and oxygen atoms in total. The first kappa shape index (κ1) is 27.9. The van der Waals surface area contributed by atoms with Crippen molar-refractivity contribution in [3.05, 3.63) is 40.4 Å². The quantitative estimate of drug-likeness (QED) is 0.151. The Morgan fingerprint density at radius 1 is 1.12 bits per heavy atom. The highest BCUT2D eigenvalue weighted by molar-refractivity contribution is 5.77. The van der Waals surface area contributed by atoms with Gasteiger partial charge < -0.3 is 37.5 Å². The lowest BCUT2D eigenvalue weighted by molar-refractivity contribution is -0.134. The lowest BCUT2D eigenvalue weighted by Crippen LogP contribution is -2.44. The van der Waals surface area contributed by atoms with Gasteiger partial charge in [0.05, 0.1) is 11.9 Å². The zero-order valence-corrected chi connectivity index (χ0v) is 23.0. The van der Waals surface area contributed by atoms with E-state index < -0.39 is 0 Å². The standard InChI is InChI=1S/C28H41N9O3/c29-11-8-25(38)36(15-1-12-33-27(30)31)20-3-5-21(6-4-20)37-17-24-26(35-28(37)39)34-22-16-19(2-7-23(22)40-24)18-9-13-32-14-10-18/h2,7,16-18,20-21,32H,1,3-6,8-15,29H2,(H4,30,31,33)(H,34,35,39). The number of aliphatic imine (C=N–C) groups is 1. The Kier molecular flexibility index (Phi) is 8.85. The summed E-state index contributed by atoms with van der Waals surface area (Å²) < 4.78 is 7.90. The molecule has 1 aromatic carbocycles. The van der Waals surface area contributed by atoms with Crippen LogP contribution in [0.25, 0.3) is 0 Å². The monoisotopic (exact) mass is 551 g/mol. The first-order chi connectivity index (χ1) is 19.4. The normalized spacial score (nSPS) is 20.4. The molecular weight excluding hydrogens is 510 g/mol. The number of aromatic nitrogens is 2. The lowest BCUT2D eigenvalue weighted by atomic mass is 9.89. The lowest BCUT2D eigenvalue weighted by Gasteiger charge is -2.37. The SMILES string of the molecule is NCCC(=O)N(CCCN=C(N)N)C1CCC(n2cc3c(nc2=O)Nc2cc(C4CCNCC4)ccc2O3)CC1.